The molecule has 0 spiro atoms. The predicted molar refractivity (Wildman–Crippen MR) is 105 cm³/mol. The van der Waals surface area contributed by atoms with Crippen LogP contribution in [0.4, 0.5) is 5.69 Å². The quantitative estimate of drug-likeness (QED) is 0.788. The Kier molecular flexibility index (Phi) is 8.06. The third-order valence-electron chi connectivity index (χ3n) is 4.78. The molecule has 6 nitrogen and oxygen atoms in total. The second kappa shape index (κ2) is 10.0. The van der Waals surface area contributed by atoms with Gasteiger partial charge < -0.3 is 5.32 Å². The van der Waals surface area contributed by atoms with Gasteiger partial charge in [0, 0.05) is 18.8 Å². The monoisotopic (exact) mass is 381 g/mol. The van der Waals surface area contributed by atoms with Gasteiger partial charge in [0.05, 0.1) is 11.4 Å². The number of carbonyl (C=O) groups excluding carboxylic acids is 1. The molecule has 0 aromatic heterocycles. The van der Waals surface area contributed by atoms with E-state index >= 15 is 0 Å². The second-order valence-corrected chi connectivity index (χ2v) is 8.65. The average Bonchev–Trinajstić information content (AvgIpc) is 2.58. The normalized spacial score (nSPS) is 16.9. The molecule has 1 amide bonds. The highest BCUT2D eigenvalue weighted by Gasteiger charge is 2.22. The molecule has 1 saturated heterocycles. The number of hydrogen-bond donors (Lipinski definition) is 1. The zero-order valence-electron chi connectivity index (χ0n) is 15.9. The minimum absolute atomic E-state index is 0.0945. The molecule has 1 aromatic rings. The standard InChI is InChI=1S/C19H31N3O3S/c1-3-22(4-2)26(24,25)18-12-10-11-17(15-18)20-19(23)16-21-13-8-6-5-7-9-14-21/h10-12,15H,3-9,13-14,16H2,1-2H3,(H,20,23). The van der Waals surface area contributed by atoms with Gasteiger partial charge in [0.25, 0.3) is 0 Å². The fourth-order valence-corrected chi connectivity index (χ4v) is 4.83. The van der Waals surface area contributed by atoms with Crippen LogP contribution in [-0.4, -0.2) is 56.3 Å². The van der Waals surface area contributed by atoms with E-state index in [0.29, 0.717) is 25.3 Å². The second-order valence-electron chi connectivity index (χ2n) is 6.71. The van der Waals surface area contributed by atoms with E-state index in [1.54, 1.807) is 24.3 Å². The smallest absolute Gasteiger partial charge is 0.243 e. The minimum Gasteiger partial charge on any atom is -0.325 e. The summed E-state index contributed by atoms with van der Waals surface area (Å²) in [5.41, 5.74) is 0.523. The van der Waals surface area contributed by atoms with Crippen molar-refractivity contribution in [2.45, 2.75) is 50.8 Å². The van der Waals surface area contributed by atoms with Gasteiger partial charge in [0.1, 0.15) is 0 Å². The molecule has 2 rings (SSSR count). The molecular weight excluding hydrogens is 350 g/mol. The maximum atomic E-state index is 12.6. The van der Waals surface area contributed by atoms with Crippen LogP contribution in [0.25, 0.3) is 0 Å². The van der Waals surface area contributed by atoms with E-state index in [1.165, 1.54) is 23.6 Å². The molecule has 0 unspecified atom stereocenters. The Labute approximate surface area is 157 Å². The van der Waals surface area contributed by atoms with Crippen LogP contribution >= 0.6 is 0 Å². The molecule has 0 saturated carbocycles. The lowest BCUT2D eigenvalue weighted by molar-refractivity contribution is -0.117. The Balaban J connectivity index is 2.02. The first kappa shape index (κ1) is 20.9. The van der Waals surface area contributed by atoms with Gasteiger partial charge in [-0.2, -0.15) is 4.31 Å². The van der Waals surface area contributed by atoms with Gasteiger partial charge in [-0.3, -0.25) is 9.69 Å². The number of benzene rings is 1. The van der Waals surface area contributed by atoms with E-state index in [2.05, 4.69) is 10.2 Å². The zero-order chi connectivity index (χ0) is 19.0. The van der Waals surface area contributed by atoms with Gasteiger partial charge in [-0.15, -0.1) is 0 Å². The molecular formula is C19H31N3O3S. The van der Waals surface area contributed by atoms with Gasteiger partial charge in [0.2, 0.25) is 15.9 Å². The van der Waals surface area contributed by atoms with Crippen LogP contribution in [0, 0.1) is 0 Å². The number of carbonyl (C=O) groups is 1. The average molecular weight is 382 g/mol. The lowest BCUT2D eigenvalue weighted by Gasteiger charge is -2.24. The molecule has 1 aliphatic heterocycles. The van der Waals surface area contributed by atoms with E-state index in [9.17, 15) is 13.2 Å². The van der Waals surface area contributed by atoms with Gasteiger partial charge in [0.15, 0.2) is 0 Å². The maximum Gasteiger partial charge on any atom is 0.243 e. The fraction of sp³-hybridized carbons (Fsp3) is 0.632. The number of likely N-dealkylation sites (tertiary alicyclic amines) is 1. The van der Waals surface area contributed by atoms with Crippen molar-refractivity contribution < 1.29 is 13.2 Å². The van der Waals surface area contributed by atoms with Gasteiger partial charge in [-0.05, 0) is 44.1 Å². The molecule has 1 heterocycles. The third kappa shape index (κ3) is 5.79. The Bertz CT molecular complexity index is 679. The van der Waals surface area contributed by atoms with Crippen LogP contribution in [0.5, 0.6) is 0 Å². The predicted octanol–water partition coefficient (Wildman–Crippen LogP) is 2.92. The number of sulfonamides is 1. The highest BCUT2D eigenvalue weighted by molar-refractivity contribution is 7.89. The summed E-state index contributed by atoms with van der Waals surface area (Å²) in [5, 5.41) is 2.85. The Morgan fingerprint density at radius 3 is 2.31 bits per heavy atom. The third-order valence-corrected chi connectivity index (χ3v) is 6.82. The van der Waals surface area contributed by atoms with Crippen molar-refractivity contribution in [1.29, 1.82) is 0 Å². The van der Waals surface area contributed by atoms with Crippen molar-refractivity contribution in [3.8, 4) is 0 Å². The van der Waals surface area contributed by atoms with Crippen molar-refractivity contribution in [3.63, 3.8) is 0 Å². The highest BCUT2D eigenvalue weighted by Crippen LogP contribution is 2.19. The van der Waals surface area contributed by atoms with Crippen molar-refractivity contribution in [3.05, 3.63) is 24.3 Å². The van der Waals surface area contributed by atoms with Crippen molar-refractivity contribution in [1.82, 2.24) is 9.21 Å². The molecule has 1 aliphatic rings. The number of rotatable bonds is 7. The number of amides is 1. The van der Waals surface area contributed by atoms with Crippen molar-refractivity contribution >= 4 is 21.6 Å². The number of nitrogens with zero attached hydrogens (tertiary/aromatic N) is 2. The van der Waals surface area contributed by atoms with E-state index < -0.39 is 10.0 Å². The fourth-order valence-electron chi connectivity index (χ4n) is 3.32. The topological polar surface area (TPSA) is 69.7 Å². The lowest BCUT2D eigenvalue weighted by Crippen LogP contribution is -2.35. The zero-order valence-corrected chi connectivity index (χ0v) is 16.7. The molecule has 1 aromatic carbocycles. The van der Waals surface area contributed by atoms with Crippen molar-refractivity contribution in [2.75, 3.05) is 38.0 Å². The Morgan fingerprint density at radius 1 is 1.08 bits per heavy atom. The van der Waals surface area contributed by atoms with Crippen molar-refractivity contribution in [2.24, 2.45) is 0 Å². The molecule has 0 atom stereocenters. The van der Waals surface area contributed by atoms with E-state index in [1.807, 2.05) is 13.8 Å². The molecule has 0 bridgehead atoms. The SMILES string of the molecule is CCN(CC)S(=O)(=O)c1cccc(NC(=O)CN2CCCCCCC2)c1. The molecule has 26 heavy (non-hydrogen) atoms. The first-order valence-electron chi connectivity index (χ1n) is 9.59. The minimum atomic E-state index is -3.52. The molecule has 146 valence electrons. The van der Waals surface area contributed by atoms with Crippen LogP contribution < -0.4 is 5.32 Å². The first-order chi connectivity index (χ1) is 12.5. The largest absolute Gasteiger partial charge is 0.325 e. The molecule has 0 radical (unpaired) electrons. The summed E-state index contributed by atoms with van der Waals surface area (Å²) in [6.07, 6.45) is 6.00. The van der Waals surface area contributed by atoms with Crippen LogP contribution in [-0.2, 0) is 14.8 Å². The van der Waals surface area contributed by atoms with E-state index in [4.69, 9.17) is 0 Å². The summed E-state index contributed by atoms with van der Waals surface area (Å²) in [7, 11) is -3.52. The summed E-state index contributed by atoms with van der Waals surface area (Å²) < 4.78 is 26.7. The highest BCUT2D eigenvalue weighted by atomic mass is 32.2. The van der Waals surface area contributed by atoms with E-state index in [0.717, 1.165) is 25.9 Å². The summed E-state index contributed by atoms with van der Waals surface area (Å²) in [4.78, 5) is 14.8. The number of nitrogens with one attached hydrogen (secondary N) is 1. The van der Waals surface area contributed by atoms with Crippen LogP contribution in [0.1, 0.15) is 46.0 Å². The van der Waals surface area contributed by atoms with E-state index in [-0.39, 0.29) is 10.8 Å². The summed E-state index contributed by atoms with van der Waals surface area (Å²) in [5.74, 6) is -0.0945. The van der Waals surface area contributed by atoms with Gasteiger partial charge >= 0.3 is 0 Å². The van der Waals surface area contributed by atoms with Crippen LogP contribution in [0.2, 0.25) is 0 Å². The Morgan fingerprint density at radius 2 is 1.69 bits per heavy atom. The number of anilines is 1. The Hall–Kier alpha value is -1.44. The van der Waals surface area contributed by atoms with Crippen LogP contribution in [0.3, 0.4) is 0 Å². The summed E-state index contributed by atoms with van der Waals surface area (Å²) >= 11 is 0. The lowest BCUT2D eigenvalue weighted by atomic mass is 10.1. The molecule has 7 heteroatoms. The molecule has 0 aliphatic carbocycles. The maximum absolute atomic E-state index is 12.6. The van der Waals surface area contributed by atoms with Crippen LogP contribution in [0.15, 0.2) is 29.2 Å². The van der Waals surface area contributed by atoms with Gasteiger partial charge in [-0.1, -0.05) is 39.2 Å². The molecule has 1 N–H and O–H groups in total. The van der Waals surface area contributed by atoms with Gasteiger partial charge in [-0.25, -0.2) is 8.42 Å². The summed E-state index contributed by atoms with van der Waals surface area (Å²) in [6.45, 7) is 6.72. The number of hydrogen-bond acceptors (Lipinski definition) is 4. The molecule has 1 fully saturated rings. The summed E-state index contributed by atoms with van der Waals surface area (Å²) in [6, 6.07) is 6.51. The first-order valence-corrected chi connectivity index (χ1v) is 11.0.